The van der Waals surface area contributed by atoms with Crippen molar-refractivity contribution >= 4 is 18.3 Å². The molecule has 108 valence electrons. The Morgan fingerprint density at radius 3 is 2.47 bits per heavy atom. The molecule has 1 rings (SSSR count). The monoisotopic (exact) mass is 288 g/mol. The van der Waals surface area contributed by atoms with Crippen LogP contribution in [0.15, 0.2) is 24.3 Å². The summed E-state index contributed by atoms with van der Waals surface area (Å²) in [5.41, 5.74) is 7.71. The summed E-state index contributed by atoms with van der Waals surface area (Å²) in [5, 5.41) is 2.78. The number of ether oxygens (including phenoxy) is 2. The van der Waals surface area contributed by atoms with Gasteiger partial charge in [0.1, 0.15) is 6.04 Å². The van der Waals surface area contributed by atoms with Gasteiger partial charge < -0.3 is 20.5 Å². The van der Waals surface area contributed by atoms with Crippen molar-refractivity contribution in [2.75, 3.05) is 20.8 Å². The van der Waals surface area contributed by atoms with Crippen LogP contribution >= 0.6 is 12.4 Å². The molecule has 0 heterocycles. The van der Waals surface area contributed by atoms with Gasteiger partial charge in [-0.25, -0.2) is 0 Å². The first-order chi connectivity index (χ1) is 8.69. The van der Waals surface area contributed by atoms with Crippen molar-refractivity contribution < 1.29 is 14.3 Å². The molecule has 0 spiro atoms. The molecule has 0 fully saturated rings. The van der Waals surface area contributed by atoms with E-state index in [-0.39, 0.29) is 24.9 Å². The molecule has 0 aromatic heterocycles. The fourth-order valence-electron chi connectivity index (χ4n) is 1.59. The highest BCUT2D eigenvalue weighted by molar-refractivity contribution is 5.85. The van der Waals surface area contributed by atoms with Crippen molar-refractivity contribution in [3.8, 4) is 0 Å². The average molecular weight is 289 g/mol. The zero-order valence-corrected chi connectivity index (χ0v) is 12.0. The fraction of sp³-hybridized carbons (Fsp3) is 0.462. The molecule has 0 aliphatic rings. The molecule has 1 amide bonds. The Labute approximate surface area is 119 Å². The van der Waals surface area contributed by atoms with Crippen molar-refractivity contribution in [1.82, 2.24) is 5.32 Å². The summed E-state index contributed by atoms with van der Waals surface area (Å²) >= 11 is 0. The standard InChI is InChI=1S/C13H20N2O3.ClH/c1-17-8-11-6-4-3-5-10(11)7-15-13(16)12(14)9-18-2;/h3-6,12H,7-9,14H2,1-2H3,(H,15,16);1H. The quantitative estimate of drug-likeness (QED) is 0.780. The summed E-state index contributed by atoms with van der Waals surface area (Å²) in [6.45, 7) is 1.18. The summed E-state index contributed by atoms with van der Waals surface area (Å²) in [4.78, 5) is 11.6. The Morgan fingerprint density at radius 2 is 1.89 bits per heavy atom. The summed E-state index contributed by atoms with van der Waals surface area (Å²) in [6, 6.07) is 7.16. The lowest BCUT2D eigenvalue weighted by atomic mass is 10.1. The van der Waals surface area contributed by atoms with Crippen LogP contribution in [0.4, 0.5) is 0 Å². The maximum absolute atomic E-state index is 11.6. The number of rotatable bonds is 7. The van der Waals surface area contributed by atoms with E-state index in [0.717, 1.165) is 11.1 Å². The fourth-order valence-corrected chi connectivity index (χ4v) is 1.59. The highest BCUT2D eigenvalue weighted by Crippen LogP contribution is 2.09. The Balaban J connectivity index is 0.00000324. The van der Waals surface area contributed by atoms with Crippen LogP contribution in [0.2, 0.25) is 0 Å². The number of amides is 1. The lowest BCUT2D eigenvalue weighted by Gasteiger charge is -2.13. The third-order valence-corrected chi connectivity index (χ3v) is 2.55. The number of benzene rings is 1. The summed E-state index contributed by atoms with van der Waals surface area (Å²) < 4.78 is 9.94. The molecule has 1 atom stereocenters. The van der Waals surface area contributed by atoms with E-state index in [1.807, 2.05) is 24.3 Å². The minimum absolute atomic E-state index is 0. The molecule has 1 unspecified atom stereocenters. The van der Waals surface area contributed by atoms with Crippen molar-refractivity contribution in [2.45, 2.75) is 19.2 Å². The van der Waals surface area contributed by atoms with E-state index in [1.165, 1.54) is 7.11 Å². The molecular formula is C13H21ClN2O3. The van der Waals surface area contributed by atoms with Gasteiger partial charge in [0.15, 0.2) is 0 Å². The first kappa shape index (κ1) is 17.9. The number of methoxy groups -OCH3 is 2. The van der Waals surface area contributed by atoms with Crippen molar-refractivity contribution in [3.05, 3.63) is 35.4 Å². The molecule has 1 aromatic rings. The van der Waals surface area contributed by atoms with Gasteiger partial charge in [-0.3, -0.25) is 4.79 Å². The molecule has 0 radical (unpaired) electrons. The molecule has 6 heteroatoms. The van der Waals surface area contributed by atoms with Gasteiger partial charge in [0, 0.05) is 20.8 Å². The topological polar surface area (TPSA) is 73.6 Å². The normalized spacial score (nSPS) is 11.5. The van der Waals surface area contributed by atoms with Gasteiger partial charge >= 0.3 is 0 Å². The number of carbonyl (C=O) groups is 1. The predicted octanol–water partition coefficient (Wildman–Crippen LogP) is 0.845. The summed E-state index contributed by atoms with van der Waals surface area (Å²) in [7, 11) is 3.16. The molecule has 1 aromatic carbocycles. The average Bonchev–Trinajstić information content (AvgIpc) is 2.38. The van der Waals surface area contributed by atoms with Crippen molar-refractivity contribution in [1.29, 1.82) is 0 Å². The van der Waals surface area contributed by atoms with E-state index in [4.69, 9.17) is 15.2 Å². The van der Waals surface area contributed by atoms with Gasteiger partial charge in [-0.2, -0.15) is 0 Å². The Hall–Kier alpha value is -1.14. The lowest BCUT2D eigenvalue weighted by Crippen LogP contribution is -2.43. The molecule has 0 aliphatic carbocycles. The number of nitrogens with two attached hydrogens (primary N) is 1. The molecule has 19 heavy (non-hydrogen) atoms. The zero-order chi connectivity index (χ0) is 13.4. The maximum atomic E-state index is 11.6. The van der Waals surface area contributed by atoms with E-state index >= 15 is 0 Å². The molecule has 0 aliphatic heterocycles. The number of carbonyl (C=O) groups excluding carboxylic acids is 1. The molecule has 0 bridgehead atoms. The highest BCUT2D eigenvalue weighted by atomic mass is 35.5. The summed E-state index contributed by atoms with van der Waals surface area (Å²) in [6.07, 6.45) is 0. The van der Waals surface area contributed by atoms with Crippen molar-refractivity contribution in [2.24, 2.45) is 5.73 Å². The van der Waals surface area contributed by atoms with Crippen LogP contribution in [0.5, 0.6) is 0 Å². The van der Waals surface area contributed by atoms with Gasteiger partial charge in [0.2, 0.25) is 5.91 Å². The number of halogens is 1. The first-order valence-electron chi connectivity index (χ1n) is 5.77. The Morgan fingerprint density at radius 1 is 1.26 bits per heavy atom. The second-order valence-corrected chi connectivity index (χ2v) is 3.98. The molecule has 0 saturated carbocycles. The molecule has 5 nitrogen and oxygen atoms in total. The first-order valence-corrected chi connectivity index (χ1v) is 5.77. The minimum atomic E-state index is -0.635. The molecule has 0 saturated heterocycles. The predicted molar refractivity (Wildman–Crippen MR) is 76.1 cm³/mol. The maximum Gasteiger partial charge on any atom is 0.239 e. The largest absolute Gasteiger partial charge is 0.383 e. The van der Waals surface area contributed by atoms with E-state index in [1.54, 1.807) is 7.11 Å². The van der Waals surface area contributed by atoms with Crippen LogP contribution in [-0.4, -0.2) is 32.8 Å². The van der Waals surface area contributed by atoms with Gasteiger partial charge in [-0.1, -0.05) is 24.3 Å². The zero-order valence-electron chi connectivity index (χ0n) is 11.2. The van der Waals surface area contributed by atoms with Gasteiger partial charge in [0.05, 0.1) is 13.2 Å². The lowest BCUT2D eigenvalue weighted by molar-refractivity contribution is -0.123. The van der Waals surface area contributed by atoms with Gasteiger partial charge in [0.25, 0.3) is 0 Å². The molecule has 3 N–H and O–H groups in total. The van der Waals surface area contributed by atoms with Crippen LogP contribution in [0, 0.1) is 0 Å². The van der Waals surface area contributed by atoms with Crippen LogP contribution in [0.25, 0.3) is 0 Å². The highest BCUT2D eigenvalue weighted by Gasteiger charge is 2.12. The second-order valence-electron chi connectivity index (χ2n) is 3.98. The van der Waals surface area contributed by atoms with Crippen LogP contribution in [0.3, 0.4) is 0 Å². The third-order valence-electron chi connectivity index (χ3n) is 2.55. The minimum Gasteiger partial charge on any atom is -0.383 e. The van der Waals surface area contributed by atoms with Crippen molar-refractivity contribution in [3.63, 3.8) is 0 Å². The van der Waals surface area contributed by atoms with E-state index in [9.17, 15) is 4.79 Å². The Bertz CT molecular complexity index is 388. The van der Waals surface area contributed by atoms with Gasteiger partial charge in [-0.05, 0) is 11.1 Å². The summed E-state index contributed by atoms with van der Waals surface area (Å²) in [5.74, 6) is -0.218. The van der Waals surface area contributed by atoms with E-state index in [2.05, 4.69) is 5.32 Å². The van der Waals surface area contributed by atoms with Crippen LogP contribution in [-0.2, 0) is 27.4 Å². The van der Waals surface area contributed by atoms with E-state index < -0.39 is 6.04 Å². The third kappa shape index (κ3) is 6.02. The second kappa shape index (κ2) is 9.75. The number of hydrogen-bond donors (Lipinski definition) is 2. The number of hydrogen-bond acceptors (Lipinski definition) is 4. The number of nitrogens with one attached hydrogen (secondary N) is 1. The Kier molecular flexibility index (Phi) is 9.16. The van der Waals surface area contributed by atoms with Gasteiger partial charge in [-0.15, -0.1) is 12.4 Å². The molecular weight excluding hydrogens is 268 g/mol. The van der Waals surface area contributed by atoms with Crippen LogP contribution in [0.1, 0.15) is 11.1 Å². The van der Waals surface area contributed by atoms with E-state index in [0.29, 0.717) is 13.2 Å². The van der Waals surface area contributed by atoms with Crippen LogP contribution < -0.4 is 11.1 Å². The SMILES string of the molecule is COCc1ccccc1CNC(=O)C(N)COC.Cl. The smallest absolute Gasteiger partial charge is 0.239 e.